The molecule has 0 aliphatic carbocycles. The van der Waals surface area contributed by atoms with E-state index in [1.54, 1.807) is 29.2 Å². The van der Waals surface area contributed by atoms with Gasteiger partial charge in [0.25, 0.3) is 5.91 Å². The topological polar surface area (TPSA) is 84.9 Å². The van der Waals surface area contributed by atoms with Crippen molar-refractivity contribution < 1.29 is 23.9 Å². The van der Waals surface area contributed by atoms with E-state index in [0.717, 1.165) is 5.75 Å². The molecule has 0 radical (unpaired) electrons. The normalized spacial score (nSPS) is 17.7. The molecule has 0 aromatic heterocycles. The maximum Gasteiger partial charge on any atom is 0.311 e. The van der Waals surface area contributed by atoms with Gasteiger partial charge in [-0.15, -0.1) is 0 Å². The minimum Gasteiger partial charge on any atom is -0.494 e. The van der Waals surface area contributed by atoms with Crippen LogP contribution in [0.2, 0.25) is 0 Å². The Morgan fingerprint density at radius 1 is 1.22 bits per heavy atom. The molecule has 7 heteroatoms. The van der Waals surface area contributed by atoms with Crippen LogP contribution in [-0.4, -0.2) is 43.6 Å². The Labute approximate surface area is 160 Å². The summed E-state index contributed by atoms with van der Waals surface area (Å²) in [6, 6.07) is 7.16. The quantitative estimate of drug-likeness (QED) is 0.703. The van der Waals surface area contributed by atoms with Gasteiger partial charge in [-0.2, -0.15) is 0 Å². The first-order valence-electron chi connectivity index (χ1n) is 9.31. The third-order valence-electron chi connectivity index (χ3n) is 4.65. The molecule has 2 unspecified atom stereocenters. The van der Waals surface area contributed by atoms with Crippen molar-refractivity contribution in [2.45, 2.75) is 40.2 Å². The summed E-state index contributed by atoms with van der Waals surface area (Å²) in [5.41, 5.74) is 0.710. The van der Waals surface area contributed by atoms with Gasteiger partial charge in [-0.05, 0) is 44.0 Å². The highest BCUT2D eigenvalue weighted by molar-refractivity contribution is 5.99. The van der Waals surface area contributed by atoms with Crippen LogP contribution in [-0.2, 0) is 19.1 Å². The lowest BCUT2D eigenvalue weighted by molar-refractivity contribution is -0.152. The molecule has 1 heterocycles. The van der Waals surface area contributed by atoms with E-state index in [9.17, 15) is 14.4 Å². The van der Waals surface area contributed by atoms with Gasteiger partial charge in [0.15, 0.2) is 6.61 Å². The van der Waals surface area contributed by atoms with Gasteiger partial charge < -0.3 is 19.7 Å². The van der Waals surface area contributed by atoms with Crippen molar-refractivity contribution in [2.24, 2.45) is 11.8 Å². The van der Waals surface area contributed by atoms with Crippen molar-refractivity contribution in [3.05, 3.63) is 24.3 Å². The van der Waals surface area contributed by atoms with Crippen LogP contribution in [0.4, 0.5) is 5.69 Å². The second kappa shape index (κ2) is 9.39. The number of carbonyl (C=O) groups excluding carboxylic acids is 3. The van der Waals surface area contributed by atoms with E-state index in [2.05, 4.69) is 5.32 Å². The number of ether oxygens (including phenoxy) is 2. The van der Waals surface area contributed by atoms with Gasteiger partial charge in [0.1, 0.15) is 5.75 Å². The number of esters is 1. The average molecular weight is 376 g/mol. The molecule has 1 aliphatic rings. The lowest BCUT2D eigenvalue weighted by Crippen LogP contribution is -2.39. The van der Waals surface area contributed by atoms with Gasteiger partial charge in [-0.1, -0.05) is 13.8 Å². The first-order valence-corrected chi connectivity index (χ1v) is 9.31. The largest absolute Gasteiger partial charge is 0.494 e. The molecular weight excluding hydrogens is 348 g/mol. The third-order valence-corrected chi connectivity index (χ3v) is 4.65. The fraction of sp³-hybridized carbons (Fsp3) is 0.550. The molecule has 2 atom stereocenters. The predicted molar refractivity (Wildman–Crippen MR) is 101 cm³/mol. The van der Waals surface area contributed by atoms with Gasteiger partial charge in [0.05, 0.1) is 12.5 Å². The van der Waals surface area contributed by atoms with E-state index < -0.39 is 11.9 Å². The molecule has 1 aromatic rings. The average Bonchev–Trinajstić information content (AvgIpc) is 3.02. The van der Waals surface area contributed by atoms with E-state index in [1.807, 2.05) is 27.7 Å². The number of amides is 2. The summed E-state index contributed by atoms with van der Waals surface area (Å²) in [6.45, 7) is 8.28. The Morgan fingerprint density at radius 2 is 1.89 bits per heavy atom. The van der Waals surface area contributed by atoms with Crippen molar-refractivity contribution in [1.29, 1.82) is 0 Å². The molecule has 0 bridgehead atoms. The fourth-order valence-electron chi connectivity index (χ4n) is 2.72. The smallest absolute Gasteiger partial charge is 0.311 e. The molecule has 1 aromatic carbocycles. The second-order valence-corrected chi connectivity index (χ2v) is 7.04. The highest BCUT2D eigenvalue weighted by atomic mass is 16.5. The predicted octanol–water partition coefficient (Wildman–Crippen LogP) is 2.14. The monoisotopic (exact) mass is 376 g/mol. The first kappa shape index (κ1) is 20.7. The maximum absolute atomic E-state index is 12.3. The minimum atomic E-state index is -0.570. The number of hydrogen-bond acceptors (Lipinski definition) is 5. The Balaban J connectivity index is 1.87. The third kappa shape index (κ3) is 5.70. The van der Waals surface area contributed by atoms with Crippen molar-refractivity contribution in [1.82, 2.24) is 5.32 Å². The van der Waals surface area contributed by atoms with E-state index in [-0.39, 0.29) is 37.4 Å². The summed E-state index contributed by atoms with van der Waals surface area (Å²) in [7, 11) is 0. The van der Waals surface area contributed by atoms with Crippen LogP contribution in [0.3, 0.4) is 0 Å². The summed E-state index contributed by atoms with van der Waals surface area (Å²) in [5, 5.41) is 2.78. The van der Waals surface area contributed by atoms with E-state index in [4.69, 9.17) is 9.47 Å². The number of hydrogen-bond donors (Lipinski definition) is 1. The van der Waals surface area contributed by atoms with Gasteiger partial charge >= 0.3 is 5.97 Å². The summed E-state index contributed by atoms with van der Waals surface area (Å²) in [6.07, 6.45) is 0.0794. The van der Waals surface area contributed by atoms with Crippen LogP contribution in [0.15, 0.2) is 24.3 Å². The molecule has 0 spiro atoms. The standard InChI is InChI=1S/C20H28N2O5/c1-5-26-17-8-6-16(7-9-17)22-11-15(10-19(22)24)20(25)27-12-18(23)21-14(4)13(2)3/h6-9,13-15H,5,10-12H2,1-4H3,(H,21,23). The number of carbonyl (C=O) groups is 3. The summed E-state index contributed by atoms with van der Waals surface area (Å²) in [5.74, 6) is -0.551. The summed E-state index contributed by atoms with van der Waals surface area (Å²) in [4.78, 5) is 37.9. The first-order chi connectivity index (χ1) is 12.8. The Kier molecular flexibility index (Phi) is 7.21. The van der Waals surface area contributed by atoms with Crippen molar-refractivity contribution in [3.63, 3.8) is 0 Å². The SMILES string of the molecule is CCOc1ccc(N2CC(C(=O)OCC(=O)NC(C)C(C)C)CC2=O)cc1. The molecule has 1 aliphatic heterocycles. The van der Waals surface area contributed by atoms with Crippen LogP contribution in [0.5, 0.6) is 5.75 Å². The molecule has 2 rings (SSSR count). The summed E-state index contributed by atoms with van der Waals surface area (Å²) < 4.78 is 10.5. The lowest BCUT2D eigenvalue weighted by Gasteiger charge is -2.18. The molecule has 0 saturated carbocycles. The fourth-order valence-corrected chi connectivity index (χ4v) is 2.72. The van der Waals surface area contributed by atoms with Crippen molar-refractivity contribution >= 4 is 23.5 Å². The highest BCUT2D eigenvalue weighted by Gasteiger charge is 2.36. The zero-order chi connectivity index (χ0) is 20.0. The Morgan fingerprint density at radius 3 is 2.48 bits per heavy atom. The molecule has 148 valence electrons. The van der Waals surface area contributed by atoms with Gasteiger partial charge in [-0.25, -0.2) is 0 Å². The highest BCUT2D eigenvalue weighted by Crippen LogP contribution is 2.27. The van der Waals surface area contributed by atoms with Crippen LogP contribution in [0.1, 0.15) is 34.1 Å². The lowest BCUT2D eigenvalue weighted by atomic mass is 10.1. The maximum atomic E-state index is 12.3. The van der Waals surface area contributed by atoms with Gasteiger partial charge in [0, 0.05) is 24.7 Å². The number of rotatable bonds is 8. The molecular formula is C20H28N2O5. The second-order valence-electron chi connectivity index (χ2n) is 7.04. The zero-order valence-corrected chi connectivity index (χ0v) is 16.4. The van der Waals surface area contributed by atoms with Crippen molar-refractivity contribution in [3.8, 4) is 5.75 Å². The van der Waals surface area contributed by atoms with Gasteiger partial charge in [0.2, 0.25) is 5.91 Å². The van der Waals surface area contributed by atoms with Crippen LogP contribution in [0.25, 0.3) is 0 Å². The van der Waals surface area contributed by atoms with Crippen LogP contribution >= 0.6 is 0 Å². The van der Waals surface area contributed by atoms with E-state index in [1.165, 1.54) is 0 Å². The van der Waals surface area contributed by atoms with Gasteiger partial charge in [-0.3, -0.25) is 14.4 Å². The molecule has 1 saturated heterocycles. The number of nitrogens with one attached hydrogen (secondary N) is 1. The summed E-state index contributed by atoms with van der Waals surface area (Å²) >= 11 is 0. The van der Waals surface area contributed by atoms with Crippen molar-refractivity contribution in [2.75, 3.05) is 24.7 Å². The number of anilines is 1. The van der Waals surface area contributed by atoms with E-state index >= 15 is 0 Å². The Bertz CT molecular complexity index is 671. The van der Waals surface area contributed by atoms with Crippen LogP contribution in [0, 0.1) is 11.8 Å². The molecule has 7 nitrogen and oxygen atoms in total. The van der Waals surface area contributed by atoms with Crippen LogP contribution < -0.4 is 15.0 Å². The Hall–Kier alpha value is -2.57. The molecule has 2 amide bonds. The van der Waals surface area contributed by atoms with E-state index in [0.29, 0.717) is 18.2 Å². The number of nitrogens with zero attached hydrogens (tertiary/aromatic N) is 1. The molecule has 27 heavy (non-hydrogen) atoms. The number of benzene rings is 1. The minimum absolute atomic E-state index is 0.000545. The zero-order valence-electron chi connectivity index (χ0n) is 16.4. The molecule has 1 N–H and O–H groups in total. The molecule has 1 fully saturated rings.